The van der Waals surface area contributed by atoms with E-state index in [1.165, 1.54) is 33.2 Å². The number of hydrogen-bond acceptors (Lipinski definition) is 3. The van der Waals surface area contributed by atoms with Crippen molar-refractivity contribution in [3.8, 4) is 0 Å². The third-order valence-electron chi connectivity index (χ3n) is 5.68. The number of halogens is 1. The summed E-state index contributed by atoms with van der Waals surface area (Å²) >= 11 is 0. The quantitative estimate of drug-likeness (QED) is 0.592. The van der Waals surface area contributed by atoms with Crippen LogP contribution in [0.4, 0.5) is 4.39 Å². The third-order valence-corrected chi connectivity index (χ3v) is 5.68. The van der Waals surface area contributed by atoms with Crippen molar-refractivity contribution >= 4 is 11.7 Å². The van der Waals surface area contributed by atoms with E-state index in [0.717, 1.165) is 24.3 Å². The van der Waals surface area contributed by atoms with E-state index < -0.39 is 11.6 Å². The molecule has 0 N–H and O–H groups in total. The molecule has 5 heteroatoms. The first-order valence-corrected chi connectivity index (χ1v) is 7.95. The van der Waals surface area contributed by atoms with E-state index in [9.17, 15) is 9.59 Å². The SMILES string of the molecule is CON(C)C(=O)/C=C/[C@](C)(F)[C@H]1CC[C@H]2C(=O)CCC[C@@]21C. The zero-order valence-corrected chi connectivity index (χ0v) is 13.9. The molecule has 2 rings (SSSR count). The second-order valence-corrected chi connectivity index (χ2v) is 7.01. The highest BCUT2D eigenvalue weighted by Gasteiger charge is 2.56. The van der Waals surface area contributed by atoms with Crippen molar-refractivity contribution in [1.29, 1.82) is 0 Å². The van der Waals surface area contributed by atoms with Crippen molar-refractivity contribution in [3.05, 3.63) is 12.2 Å². The molecule has 124 valence electrons. The van der Waals surface area contributed by atoms with Crippen LogP contribution in [0.25, 0.3) is 0 Å². The van der Waals surface area contributed by atoms with Crippen LogP contribution >= 0.6 is 0 Å². The van der Waals surface area contributed by atoms with E-state index in [4.69, 9.17) is 4.84 Å². The molecule has 0 aromatic heterocycles. The molecule has 22 heavy (non-hydrogen) atoms. The van der Waals surface area contributed by atoms with Crippen LogP contribution < -0.4 is 0 Å². The molecular weight excluding hydrogens is 285 g/mol. The zero-order valence-electron chi connectivity index (χ0n) is 13.9. The van der Waals surface area contributed by atoms with E-state index in [2.05, 4.69) is 0 Å². The van der Waals surface area contributed by atoms with Gasteiger partial charge in [-0.25, -0.2) is 9.45 Å². The number of hydroxylamine groups is 2. The molecule has 4 nitrogen and oxygen atoms in total. The molecule has 0 aliphatic heterocycles. The lowest BCUT2D eigenvalue weighted by atomic mass is 9.61. The summed E-state index contributed by atoms with van der Waals surface area (Å²) in [6, 6.07) is 0. The van der Waals surface area contributed by atoms with E-state index >= 15 is 4.39 Å². The molecular formula is C17H26FNO3. The van der Waals surface area contributed by atoms with Crippen LogP contribution in [-0.4, -0.2) is 36.6 Å². The summed E-state index contributed by atoms with van der Waals surface area (Å²) in [6.07, 6.45) is 6.37. The van der Waals surface area contributed by atoms with Gasteiger partial charge in [-0.05, 0) is 44.1 Å². The summed E-state index contributed by atoms with van der Waals surface area (Å²) in [5.74, 6) is -0.366. The highest BCUT2D eigenvalue weighted by Crippen LogP contribution is 2.58. The maximum Gasteiger partial charge on any atom is 0.269 e. The molecule has 2 aliphatic rings. The van der Waals surface area contributed by atoms with Gasteiger partial charge in [-0.15, -0.1) is 0 Å². The third kappa shape index (κ3) is 2.96. The van der Waals surface area contributed by atoms with E-state index in [1.807, 2.05) is 6.92 Å². The molecule has 0 aromatic rings. The number of Topliss-reactive ketones (excluding diaryl/α,β-unsaturated/α-hetero) is 1. The van der Waals surface area contributed by atoms with Gasteiger partial charge >= 0.3 is 0 Å². The Morgan fingerprint density at radius 2 is 2.18 bits per heavy atom. The number of likely N-dealkylation sites (N-methyl/N-ethyl adjacent to an activating group) is 1. The fourth-order valence-corrected chi connectivity index (χ4v) is 4.40. The lowest BCUT2D eigenvalue weighted by Gasteiger charge is -2.43. The zero-order chi connectivity index (χ0) is 16.5. The lowest BCUT2D eigenvalue weighted by Crippen LogP contribution is -2.44. The molecule has 1 amide bonds. The molecule has 0 heterocycles. The van der Waals surface area contributed by atoms with Crippen LogP contribution in [-0.2, 0) is 14.4 Å². The smallest absolute Gasteiger partial charge is 0.269 e. The topological polar surface area (TPSA) is 46.6 Å². The fourth-order valence-electron chi connectivity index (χ4n) is 4.40. The molecule has 4 atom stereocenters. The lowest BCUT2D eigenvalue weighted by molar-refractivity contribution is -0.162. The summed E-state index contributed by atoms with van der Waals surface area (Å²) in [5, 5.41) is 1.05. The van der Waals surface area contributed by atoms with Crippen molar-refractivity contribution in [2.45, 2.75) is 51.6 Å². The van der Waals surface area contributed by atoms with Crippen molar-refractivity contribution < 1.29 is 18.8 Å². The van der Waals surface area contributed by atoms with Gasteiger partial charge in [0.1, 0.15) is 11.5 Å². The standard InChI is InChI=1S/C17H26FNO3/c1-16-10-5-6-13(20)12(16)7-8-14(16)17(2,18)11-9-15(21)19(3)22-4/h9,11-12,14H,5-8,10H2,1-4H3/b11-9+/t12-,14-,16-,17-/m0/s1. The van der Waals surface area contributed by atoms with Gasteiger partial charge in [-0.3, -0.25) is 14.4 Å². The average Bonchev–Trinajstić information content (AvgIpc) is 2.83. The number of nitrogens with zero attached hydrogens (tertiary/aromatic N) is 1. The first-order valence-electron chi connectivity index (χ1n) is 7.95. The van der Waals surface area contributed by atoms with Crippen LogP contribution in [0.3, 0.4) is 0 Å². The second-order valence-electron chi connectivity index (χ2n) is 7.01. The van der Waals surface area contributed by atoms with Gasteiger partial charge < -0.3 is 0 Å². The second kappa shape index (κ2) is 6.11. The molecule has 2 saturated carbocycles. The van der Waals surface area contributed by atoms with Crippen LogP contribution in [0.5, 0.6) is 0 Å². The van der Waals surface area contributed by atoms with Crippen LogP contribution in [0.2, 0.25) is 0 Å². The van der Waals surface area contributed by atoms with Gasteiger partial charge in [0.05, 0.1) is 7.11 Å². The van der Waals surface area contributed by atoms with E-state index in [1.54, 1.807) is 0 Å². The van der Waals surface area contributed by atoms with Crippen LogP contribution in [0.15, 0.2) is 12.2 Å². The normalized spacial score (nSPS) is 34.5. The van der Waals surface area contributed by atoms with Crippen LogP contribution in [0, 0.1) is 17.3 Å². The van der Waals surface area contributed by atoms with Gasteiger partial charge in [-0.1, -0.05) is 6.92 Å². The minimum absolute atomic E-state index is 0.0212. The Morgan fingerprint density at radius 3 is 2.82 bits per heavy atom. The van der Waals surface area contributed by atoms with Gasteiger partial charge in [0.25, 0.3) is 5.91 Å². The molecule has 0 spiro atoms. The maximum absolute atomic E-state index is 15.3. The summed E-state index contributed by atoms with van der Waals surface area (Å²) in [7, 11) is 2.87. The Balaban J connectivity index is 2.17. The van der Waals surface area contributed by atoms with Gasteiger partial charge in [0.15, 0.2) is 0 Å². The Hall–Kier alpha value is -1.23. The largest absolute Gasteiger partial charge is 0.299 e. The minimum atomic E-state index is -1.61. The Labute approximate surface area is 131 Å². The van der Waals surface area contributed by atoms with Gasteiger partial charge in [0.2, 0.25) is 0 Å². The van der Waals surface area contributed by atoms with E-state index in [-0.39, 0.29) is 23.0 Å². The highest BCUT2D eigenvalue weighted by molar-refractivity contribution is 5.86. The number of fused-ring (bicyclic) bond motifs is 1. The minimum Gasteiger partial charge on any atom is -0.299 e. The summed E-state index contributed by atoms with van der Waals surface area (Å²) in [4.78, 5) is 28.7. The molecule has 0 bridgehead atoms. The molecule has 0 radical (unpaired) electrons. The van der Waals surface area contributed by atoms with Crippen molar-refractivity contribution in [2.75, 3.05) is 14.2 Å². The highest BCUT2D eigenvalue weighted by atomic mass is 19.1. The average molecular weight is 311 g/mol. The summed E-state index contributed by atoms with van der Waals surface area (Å²) < 4.78 is 15.3. The van der Waals surface area contributed by atoms with Gasteiger partial charge in [-0.2, -0.15) is 0 Å². The fraction of sp³-hybridized carbons (Fsp3) is 0.765. The van der Waals surface area contributed by atoms with Crippen molar-refractivity contribution in [2.24, 2.45) is 17.3 Å². The van der Waals surface area contributed by atoms with E-state index in [0.29, 0.717) is 12.8 Å². The predicted octanol–water partition coefficient (Wildman–Crippen LogP) is 3.08. The van der Waals surface area contributed by atoms with Gasteiger partial charge in [0, 0.05) is 31.4 Å². The Kier molecular flexibility index (Phi) is 4.76. The Bertz CT molecular complexity index is 488. The van der Waals surface area contributed by atoms with Crippen molar-refractivity contribution in [3.63, 3.8) is 0 Å². The number of carbonyl (C=O) groups excluding carboxylic acids is 2. The number of hydrogen-bond donors (Lipinski definition) is 0. The molecule has 0 aromatic carbocycles. The predicted molar refractivity (Wildman–Crippen MR) is 81.6 cm³/mol. The number of rotatable bonds is 4. The first kappa shape index (κ1) is 17.1. The monoisotopic (exact) mass is 311 g/mol. The first-order chi connectivity index (χ1) is 10.2. The summed E-state index contributed by atoms with van der Waals surface area (Å²) in [5.41, 5.74) is -1.90. The van der Waals surface area contributed by atoms with Crippen LogP contribution in [0.1, 0.15) is 46.0 Å². The molecule has 0 saturated heterocycles. The molecule has 2 fully saturated rings. The Morgan fingerprint density at radius 1 is 1.50 bits per heavy atom. The maximum atomic E-state index is 15.3. The summed E-state index contributed by atoms with van der Waals surface area (Å²) in [6.45, 7) is 3.56. The molecule has 2 aliphatic carbocycles. The number of alkyl halides is 1. The number of amides is 1. The molecule has 0 unspecified atom stereocenters. The van der Waals surface area contributed by atoms with Crippen molar-refractivity contribution in [1.82, 2.24) is 5.06 Å². The number of ketones is 1. The number of allylic oxidation sites excluding steroid dienone is 1. The number of carbonyl (C=O) groups is 2.